The molecule has 1 saturated carbocycles. The maximum Gasteiger partial charge on any atom is 0.205 e. The van der Waals surface area contributed by atoms with Gasteiger partial charge in [0.2, 0.25) is 5.13 Å². The lowest BCUT2D eigenvalue weighted by Gasteiger charge is -2.36. The Morgan fingerprint density at radius 1 is 1.33 bits per heavy atom. The molecule has 1 heterocycles. The van der Waals surface area contributed by atoms with Crippen molar-refractivity contribution in [3.63, 3.8) is 0 Å². The normalized spacial score (nSPS) is 21.3. The predicted molar refractivity (Wildman–Crippen MR) is 84.2 cm³/mol. The molecule has 1 N–H and O–H groups in total. The van der Waals surface area contributed by atoms with E-state index in [1.54, 1.807) is 23.5 Å². The first-order chi connectivity index (χ1) is 10.1. The number of nitrogens with one attached hydrogen (secondary N) is 1. The van der Waals surface area contributed by atoms with Crippen LogP contribution < -0.4 is 5.32 Å². The van der Waals surface area contributed by atoms with Gasteiger partial charge in [-0.1, -0.05) is 37.3 Å². The van der Waals surface area contributed by atoms with Gasteiger partial charge in [0.05, 0.1) is 0 Å². The monoisotopic (exact) mass is 305 g/mol. The Balaban J connectivity index is 1.51. The van der Waals surface area contributed by atoms with Crippen LogP contribution in [0.25, 0.3) is 0 Å². The third-order valence-corrected chi connectivity index (χ3v) is 4.71. The van der Waals surface area contributed by atoms with Crippen LogP contribution in [0.15, 0.2) is 24.3 Å². The maximum absolute atomic E-state index is 13.2. The van der Waals surface area contributed by atoms with Gasteiger partial charge < -0.3 is 5.32 Å². The minimum absolute atomic E-state index is 0.147. The van der Waals surface area contributed by atoms with Gasteiger partial charge in [0, 0.05) is 12.5 Å². The molecule has 0 amide bonds. The molecular weight excluding hydrogens is 285 g/mol. The van der Waals surface area contributed by atoms with E-state index in [2.05, 4.69) is 29.4 Å². The highest BCUT2D eigenvalue weighted by molar-refractivity contribution is 7.15. The minimum atomic E-state index is -0.147. The first-order valence-electron chi connectivity index (χ1n) is 7.44. The summed E-state index contributed by atoms with van der Waals surface area (Å²) in [4.78, 5) is 0. The van der Waals surface area contributed by atoms with E-state index in [1.165, 1.54) is 6.07 Å². The van der Waals surface area contributed by atoms with E-state index in [-0.39, 0.29) is 5.82 Å². The fourth-order valence-electron chi connectivity index (χ4n) is 2.69. The zero-order valence-electron chi connectivity index (χ0n) is 12.3. The summed E-state index contributed by atoms with van der Waals surface area (Å²) in [6.45, 7) is 4.37. The van der Waals surface area contributed by atoms with E-state index in [9.17, 15) is 4.39 Å². The van der Waals surface area contributed by atoms with E-state index < -0.39 is 0 Å². The van der Waals surface area contributed by atoms with Crippen LogP contribution in [-0.4, -0.2) is 16.2 Å². The number of hydrogen-bond acceptors (Lipinski definition) is 4. The Morgan fingerprint density at radius 2 is 2.14 bits per heavy atom. The van der Waals surface area contributed by atoms with Gasteiger partial charge in [-0.3, -0.25) is 0 Å². The van der Waals surface area contributed by atoms with Crippen LogP contribution in [0.3, 0.4) is 0 Å². The number of anilines is 1. The number of halogens is 1. The van der Waals surface area contributed by atoms with E-state index in [0.717, 1.165) is 35.0 Å². The lowest BCUT2D eigenvalue weighted by atomic mass is 9.76. The zero-order chi connectivity index (χ0) is 14.8. The zero-order valence-corrected chi connectivity index (χ0v) is 13.2. The SMILES string of the molecule is CC(C)Cc1nnc(NC2CC(c3cccc(F)c3)C2)s1. The molecule has 0 bridgehead atoms. The lowest BCUT2D eigenvalue weighted by molar-refractivity contribution is 0.372. The number of hydrogen-bond donors (Lipinski definition) is 1. The molecule has 0 atom stereocenters. The second kappa shape index (κ2) is 6.10. The van der Waals surface area contributed by atoms with Crippen LogP contribution in [0.5, 0.6) is 0 Å². The fraction of sp³-hybridized carbons (Fsp3) is 0.500. The smallest absolute Gasteiger partial charge is 0.205 e. The molecule has 2 aromatic rings. The molecule has 21 heavy (non-hydrogen) atoms. The Labute approximate surface area is 128 Å². The van der Waals surface area contributed by atoms with Crippen molar-refractivity contribution in [1.82, 2.24) is 10.2 Å². The largest absolute Gasteiger partial charge is 0.357 e. The summed E-state index contributed by atoms with van der Waals surface area (Å²) in [5, 5.41) is 13.9. The first kappa shape index (κ1) is 14.4. The Kier molecular flexibility index (Phi) is 4.19. The third kappa shape index (κ3) is 3.59. The molecule has 5 heteroatoms. The molecule has 1 fully saturated rings. The van der Waals surface area contributed by atoms with Gasteiger partial charge >= 0.3 is 0 Å². The molecular formula is C16H20FN3S. The van der Waals surface area contributed by atoms with Gasteiger partial charge in [0.1, 0.15) is 10.8 Å². The molecule has 0 radical (unpaired) electrons. The van der Waals surface area contributed by atoms with Gasteiger partial charge in [0.25, 0.3) is 0 Å². The highest BCUT2D eigenvalue weighted by Crippen LogP contribution is 2.39. The topological polar surface area (TPSA) is 37.8 Å². The van der Waals surface area contributed by atoms with Gasteiger partial charge in [-0.2, -0.15) is 0 Å². The number of benzene rings is 1. The van der Waals surface area contributed by atoms with Crippen molar-refractivity contribution in [3.8, 4) is 0 Å². The number of aromatic nitrogens is 2. The van der Waals surface area contributed by atoms with Crippen LogP contribution in [0.1, 0.15) is 43.2 Å². The molecule has 1 aromatic heterocycles. The summed E-state index contributed by atoms with van der Waals surface area (Å²) < 4.78 is 13.2. The summed E-state index contributed by atoms with van der Waals surface area (Å²) >= 11 is 1.64. The lowest BCUT2D eigenvalue weighted by Crippen LogP contribution is -2.34. The van der Waals surface area contributed by atoms with E-state index in [0.29, 0.717) is 17.9 Å². The van der Waals surface area contributed by atoms with Crippen molar-refractivity contribution < 1.29 is 4.39 Å². The first-order valence-corrected chi connectivity index (χ1v) is 8.26. The van der Waals surface area contributed by atoms with Crippen LogP contribution >= 0.6 is 11.3 Å². The van der Waals surface area contributed by atoms with E-state index >= 15 is 0 Å². The Morgan fingerprint density at radius 3 is 2.86 bits per heavy atom. The van der Waals surface area contributed by atoms with Crippen LogP contribution in [0.2, 0.25) is 0 Å². The van der Waals surface area contributed by atoms with Crippen LogP contribution in [0, 0.1) is 11.7 Å². The molecule has 1 aliphatic carbocycles. The molecule has 1 aliphatic rings. The maximum atomic E-state index is 13.2. The predicted octanol–water partition coefficient (Wildman–Crippen LogP) is 4.23. The van der Waals surface area contributed by atoms with E-state index in [4.69, 9.17) is 0 Å². The molecule has 0 unspecified atom stereocenters. The molecule has 3 nitrogen and oxygen atoms in total. The highest BCUT2D eigenvalue weighted by Gasteiger charge is 2.31. The molecule has 3 rings (SSSR count). The van der Waals surface area contributed by atoms with Crippen molar-refractivity contribution in [2.75, 3.05) is 5.32 Å². The quantitative estimate of drug-likeness (QED) is 0.898. The highest BCUT2D eigenvalue weighted by atomic mass is 32.1. The number of rotatable bonds is 5. The van der Waals surface area contributed by atoms with Crippen molar-refractivity contribution in [3.05, 3.63) is 40.7 Å². The second-order valence-electron chi connectivity index (χ2n) is 6.16. The molecule has 0 spiro atoms. The average Bonchev–Trinajstić information content (AvgIpc) is 2.79. The van der Waals surface area contributed by atoms with Crippen molar-refractivity contribution in [2.24, 2.45) is 5.92 Å². The van der Waals surface area contributed by atoms with Gasteiger partial charge in [-0.05, 0) is 42.4 Å². The van der Waals surface area contributed by atoms with Crippen molar-refractivity contribution in [1.29, 1.82) is 0 Å². The van der Waals surface area contributed by atoms with Crippen LogP contribution in [-0.2, 0) is 6.42 Å². The summed E-state index contributed by atoms with van der Waals surface area (Å²) in [5.41, 5.74) is 1.10. The molecule has 112 valence electrons. The molecule has 0 aliphatic heterocycles. The van der Waals surface area contributed by atoms with Crippen molar-refractivity contribution >= 4 is 16.5 Å². The van der Waals surface area contributed by atoms with Gasteiger partial charge in [-0.25, -0.2) is 4.39 Å². The molecule has 0 saturated heterocycles. The van der Waals surface area contributed by atoms with E-state index in [1.807, 2.05) is 6.07 Å². The van der Waals surface area contributed by atoms with Gasteiger partial charge in [-0.15, -0.1) is 10.2 Å². The summed E-state index contributed by atoms with van der Waals surface area (Å²) in [6, 6.07) is 7.37. The Hall–Kier alpha value is -1.49. The standard InChI is InChI=1S/C16H20FN3S/c1-10(2)6-15-19-20-16(21-15)18-14-8-12(9-14)11-4-3-5-13(17)7-11/h3-5,7,10,12,14H,6,8-9H2,1-2H3,(H,18,20). The summed E-state index contributed by atoms with van der Waals surface area (Å²) in [6.07, 6.45) is 3.04. The van der Waals surface area contributed by atoms with Gasteiger partial charge in [0.15, 0.2) is 0 Å². The minimum Gasteiger partial charge on any atom is -0.357 e. The molecule has 1 aromatic carbocycles. The summed E-state index contributed by atoms with van der Waals surface area (Å²) in [5.74, 6) is 0.916. The number of nitrogens with zero attached hydrogens (tertiary/aromatic N) is 2. The second-order valence-corrected chi connectivity index (χ2v) is 7.23. The third-order valence-electron chi connectivity index (χ3n) is 3.84. The fourth-order valence-corrected chi connectivity index (χ4v) is 3.72. The van der Waals surface area contributed by atoms with Crippen molar-refractivity contribution in [2.45, 2.75) is 45.1 Å². The van der Waals surface area contributed by atoms with Crippen LogP contribution in [0.4, 0.5) is 9.52 Å². The summed E-state index contributed by atoms with van der Waals surface area (Å²) in [7, 11) is 0. The Bertz CT molecular complexity index is 605. The average molecular weight is 305 g/mol.